The highest BCUT2D eigenvalue weighted by Gasteiger charge is 2.56. The van der Waals surface area contributed by atoms with Crippen LogP contribution in [-0.2, 0) is 20.9 Å². The number of esters is 1. The molecule has 1 aromatic carbocycles. The Morgan fingerprint density at radius 1 is 1.00 bits per heavy atom. The molecular formula is C15H17F5O3. The van der Waals surface area contributed by atoms with Gasteiger partial charge in [0.15, 0.2) is 0 Å². The largest absolute Gasteiger partial charge is 0.466 e. The average molecular weight is 340 g/mol. The van der Waals surface area contributed by atoms with Crippen LogP contribution in [0.1, 0.15) is 24.8 Å². The van der Waals surface area contributed by atoms with Gasteiger partial charge in [0, 0.05) is 12.8 Å². The van der Waals surface area contributed by atoms with Crippen LogP contribution in [0.25, 0.3) is 0 Å². The fraction of sp³-hybridized carbons (Fsp3) is 0.533. The highest BCUT2D eigenvalue weighted by Crippen LogP contribution is 2.38. The normalized spacial score (nSPS) is 12.2. The summed E-state index contributed by atoms with van der Waals surface area (Å²) < 4.78 is 70.7. The number of alkyl halides is 5. The van der Waals surface area contributed by atoms with Crippen molar-refractivity contribution in [3.8, 4) is 0 Å². The van der Waals surface area contributed by atoms with E-state index in [1.807, 2.05) is 30.3 Å². The third-order valence-corrected chi connectivity index (χ3v) is 2.87. The molecule has 1 rings (SSSR count). The maximum absolute atomic E-state index is 12.6. The number of ether oxygens (including phenoxy) is 2. The minimum Gasteiger partial charge on any atom is -0.466 e. The molecular weight excluding hydrogens is 323 g/mol. The highest BCUT2D eigenvalue weighted by atomic mass is 19.4. The molecule has 0 heterocycles. The molecule has 8 heteroatoms. The van der Waals surface area contributed by atoms with Crippen LogP contribution in [0, 0.1) is 0 Å². The quantitative estimate of drug-likeness (QED) is 0.385. The van der Waals surface area contributed by atoms with Crippen LogP contribution >= 0.6 is 0 Å². The van der Waals surface area contributed by atoms with Gasteiger partial charge < -0.3 is 9.47 Å². The van der Waals surface area contributed by atoms with Gasteiger partial charge in [-0.05, 0) is 5.56 Å². The topological polar surface area (TPSA) is 35.5 Å². The molecule has 0 N–H and O–H groups in total. The zero-order valence-electron chi connectivity index (χ0n) is 12.2. The van der Waals surface area contributed by atoms with E-state index in [2.05, 4.69) is 4.74 Å². The lowest BCUT2D eigenvalue weighted by molar-refractivity contribution is -0.284. The van der Waals surface area contributed by atoms with Crippen molar-refractivity contribution in [1.82, 2.24) is 0 Å². The average Bonchev–Trinajstić information content (AvgIpc) is 2.48. The monoisotopic (exact) mass is 340 g/mol. The Hall–Kier alpha value is -1.70. The minimum absolute atomic E-state index is 0.0921. The minimum atomic E-state index is -5.65. The van der Waals surface area contributed by atoms with Gasteiger partial charge in [0.05, 0.1) is 26.2 Å². The second-order valence-electron chi connectivity index (χ2n) is 4.81. The number of carbonyl (C=O) groups excluding carboxylic acids is 1. The van der Waals surface area contributed by atoms with E-state index in [0.29, 0.717) is 13.0 Å². The van der Waals surface area contributed by atoms with Gasteiger partial charge in [-0.1, -0.05) is 30.3 Å². The lowest BCUT2D eigenvalue weighted by Gasteiger charge is -2.18. The molecule has 0 aromatic heterocycles. The number of hydrogen-bond donors (Lipinski definition) is 0. The first kappa shape index (κ1) is 19.3. The maximum Gasteiger partial charge on any atom is 0.453 e. The van der Waals surface area contributed by atoms with Crippen molar-refractivity contribution in [1.29, 1.82) is 0 Å². The lowest BCUT2D eigenvalue weighted by atomic mass is 10.2. The Morgan fingerprint density at radius 2 is 1.65 bits per heavy atom. The summed E-state index contributed by atoms with van der Waals surface area (Å²) in [5.41, 5.74) is 0.971. The second-order valence-corrected chi connectivity index (χ2v) is 4.81. The van der Waals surface area contributed by atoms with E-state index in [4.69, 9.17) is 4.74 Å². The molecule has 0 aliphatic rings. The van der Waals surface area contributed by atoms with E-state index in [9.17, 15) is 26.7 Å². The van der Waals surface area contributed by atoms with Gasteiger partial charge in [0.25, 0.3) is 0 Å². The van der Waals surface area contributed by atoms with Gasteiger partial charge in [0.1, 0.15) is 0 Å². The third-order valence-electron chi connectivity index (χ3n) is 2.87. The van der Waals surface area contributed by atoms with Gasteiger partial charge >= 0.3 is 18.1 Å². The molecule has 23 heavy (non-hydrogen) atoms. The van der Waals surface area contributed by atoms with Crippen LogP contribution in [0.3, 0.4) is 0 Å². The fourth-order valence-corrected chi connectivity index (χ4v) is 1.58. The van der Waals surface area contributed by atoms with E-state index < -0.39 is 30.9 Å². The molecule has 1 aromatic rings. The summed E-state index contributed by atoms with van der Waals surface area (Å²) in [6.45, 7) is 0.568. The van der Waals surface area contributed by atoms with Crippen molar-refractivity contribution in [2.45, 2.75) is 38.0 Å². The predicted octanol–water partition coefficient (Wildman–Crippen LogP) is 4.11. The molecule has 130 valence electrons. The smallest absolute Gasteiger partial charge is 0.453 e. The SMILES string of the molecule is O=C(CCC(F)(F)C(F)(F)F)OCCCOCc1ccccc1. The van der Waals surface area contributed by atoms with E-state index in [-0.39, 0.29) is 13.2 Å². The molecule has 0 unspecified atom stereocenters. The van der Waals surface area contributed by atoms with Crippen molar-refractivity contribution in [2.75, 3.05) is 13.2 Å². The molecule has 0 spiro atoms. The summed E-state index contributed by atoms with van der Waals surface area (Å²) in [4.78, 5) is 11.1. The van der Waals surface area contributed by atoms with Gasteiger partial charge in [-0.3, -0.25) is 4.79 Å². The third kappa shape index (κ3) is 7.40. The standard InChI is InChI=1S/C15H17F5O3/c16-14(17,15(18,19)20)8-7-13(21)23-10-4-9-22-11-12-5-2-1-3-6-12/h1-3,5-6H,4,7-11H2. The van der Waals surface area contributed by atoms with Crippen molar-refractivity contribution in [2.24, 2.45) is 0 Å². The first-order valence-electron chi connectivity index (χ1n) is 6.94. The fourth-order valence-electron chi connectivity index (χ4n) is 1.58. The van der Waals surface area contributed by atoms with Gasteiger partial charge in [-0.2, -0.15) is 22.0 Å². The molecule has 0 amide bonds. The molecule has 0 saturated carbocycles. The molecule has 0 radical (unpaired) electrons. The van der Waals surface area contributed by atoms with Crippen LogP contribution in [0.2, 0.25) is 0 Å². The second kappa shape index (κ2) is 8.81. The summed E-state index contributed by atoms with van der Waals surface area (Å²) in [5, 5.41) is 0. The van der Waals surface area contributed by atoms with Crippen molar-refractivity contribution in [3.63, 3.8) is 0 Å². The van der Waals surface area contributed by atoms with E-state index in [0.717, 1.165) is 5.56 Å². The Labute approximate surface area is 130 Å². The molecule has 0 aliphatic carbocycles. The summed E-state index contributed by atoms with van der Waals surface area (Å²) in [5.74, 6) is -5.97. The van der Waals surface area contributed by atoms with Crippen LogP contribution in [0.15, 0.2) is 30.3 Å². The Balaban J connectivity index is 2.08. The van der Waals surface area contributed by atoms with E-state index in [1.54, 1.807) is 0 Å². The van der Waals surface area contributed by atoms with Crippen LogP contribution in [0.4, 0.5) is 22.0 Å². The molecule has 0 saturated heterocycles. The summed E-state index contributed by atoms with van der Waals surface area (Å²) >= 11 is 0. The van der Waals surface area contributed by atoms with E-state index in [1.165, 1.54) is 0 Å². The molecule has 0 aliphatic heterocycles. The first-order valence-corrected chi connectivity index (χ1v) is 6.94. The van der Waals surface area contributed by atoms with Crippen molar-refractivity contribution in [3.05, 3.63) is 35.9 Å². The molecule has 0 fully saturated rings. The van der Waals surface area contributed by atoms with Gasteiger partial charge in [0.2, 0.25) is 0 Å². The predicted molar refractivity (Wildman–Crippen MR) is 71.9 cm³/mol. The lowest BCUT2D eigenvalue weighted by Crippen LogP contribution is -2.36. The number of rotatable bonds is 9. The van der Waals surface area contributed by atoms with Crippen LogP contribution in [-0.4, -0.2) is 31.3 Å². The van der Waals surface area contributed by atoms with Crippen LogP contribution < -0.4 is 0 Å². The Morgan fingerprint density at radius 3 is 2.26 bits per heavy atom. The number of carbonyl (C=O) groups is 1. The molecule has 0 bridgehead atoms. The molecule has 0 atom stereocenters. The molecule has 3 nitrogen and oxygen atoms in total. The summed E-state index contributed by atoms with van der Waals surface area (Å²) in [6.07, 6.45) is -7.93. The zero-order valence-corrected chi connectivity index (χ0v) is 12.2. The Kier molecular flexibility index (Phi) is 7.41. The summed E-state index contributed by atoms with van der Waals surface area (Å²) in [7, 11) is 0. The van der Waals surface area contributed by atoms with Crippen LogP contribution in [0.5, 0.6) is 0 Å². The number of halogens is 5. The Bertz CT molecular complexity index is 474. The number of hydrogen-bond acceptors (Lipinski definition) is 3. The van der Waals surface area contributed by atoms with Gasteiger partial charge in [-0.15, -0.1) is 0 Å². The van der Waals surface area contributed by atoms with Crippen molar-refractivity contribution >= 4 is 5.97 Å². The van der Waals surface area contributed by atoms with E-state index >= 15 is 0 Å². The number of benzene rings is 1. The maximum atomic E-state index is 12.6. The first-order chi connectivity index (χ1) is 10.7. The summed E-state index contributed by atoms with van der Waals surface area (Å²) in [6, 6.07) is 9.33. The van der Waals surface area contributed by atoms with Gasteiger partial charge in [-0.25, -0.2) is 0 Å². The zero-order chi connectivity index (χ0) is 17.3. The highest BCUT2D eigenvalue weighted by molar-refractivity contribution is 5.69. The van der Waals surface area contributed by atoms with Crippen molar-refractivity contribution < 1.29 is 36.2 Å².